The highest BCUT2D eigenvalue weighted by molar-refractivity contribution is 7.87. The molecule has 2 N–H and O–H groups in total. The molecule has 0 aromatic carbocycles. The van der Waals surface area contributed by atoms with E-state index < -0.39 is 15.5 Å². The van der Waals surface area contributed by atoms with Crippen LogP contribution in [-0.4, -0.2) is 44.1 Å². The third-order valence-electron chi connectivity index (χ3n) is 3.96. The quantitative estimate of drug-likeness (QED) is 0.466. The Balaban J connectivity index is 2.04. The van der Waals surface area contributed by atoms with Crippen molar-refractivity contribution in [2.24, 2.45) is 5.73 Å². The van der Waals surface area contributed by atoms with Gasteiger partial charge in [-0.3, -0.25) is 4.79 Å². The molecule has 1 rings (SSSR count). The van der Waals surface area contributed by atoms with Gasteiger partial charge < -0.3 is 10.6 Å². The van der Waals surface area contributed by atoms with Crippen LogP contribution in [0.1, 0.15) is 57.8 Å². The largest absolute Gasteiger partial charge is 0.341 e. The molecule has 0 aliphatic carbocycles. The number of likely N-dealkylation sites (tertiary alicyclic amines) is 1. The molecule has 1 aliphatic heterocycles. The van der Waals surface area contributed by atoms with E-state index >= 15 is 0 Å². The lowest BCUT2D eigenvalue weighted by atomic mass is 10.1. The molecule has 1 atom stereocenters. The number of unbranched alkanes of at least 4 members (excludes halogenated alkanes) is 7. The van der Waals surface area contributed by atoms with Crippen molar-refractivity contribution in [2.45, 2.75) is 63.0 Å². The minimum atomic E-state index is -4.59. The van der Waals surface area contributed by atoms with Crippen molar-refractivity contribution < 1.29 is 17.1 Å². The van der Waals surface area contributed by atoms with Gasteiger partial charge in [-0.2, -0.15) is 8.42 Å². The SMILES string of the molecule is NCCCCCCCCCCN1CC(S(=O)(=O)F)CC1=O. The maximum absolute atomic E-state index is 12.8. The van der Waals surface area contributed by atoms with Crippen molar-refractivity contribution in [1.29, 1.82) is 0 Å². The van der Waals surface area contributed by atoms with E-state index in [9.17, 15) is 17.1 Å². The fraction of sp³-hybridized carbons (Fsp3) is 0.929. The second-order valence-electron chi connectivity index (χ2n) is 5.76. The number of hydrogen-bond acceptors (Lipinski definition) is 4. The van der Waals surface area contributed by atoms with Crippen LogP contribution in [-0.2, 0) is 15.0 Å². The van der Waals surface area contributed by atoms with E-state index in [1.165, 1.54) is 30.6 Å². The van der Waals surface area contributed by atoms with Gasteiger partial charge in [0.2, 0.25) is 5.91 Å². The van der Waals surface area contributed by atoms with Gasteiger partial charge in [0.25, 0.3) is 0 Å². The molecular formula is C14H27FN2O3S. The summed E-state index contributed by atoms with van der Waals surface area (Å²) in [6.45, 7) is 1.31. The fourth-order valence-electron chi connectivity index (χ4n) is 2.65. The topological polar surface area (TPSA) is 80.5 Å². The van der Waals surface area contributed by atoms with E-state index in [0.29, 0.717) is 6.54 Å². The zero-order valence-corrected chi connectivity index (χ0v) is 13.4. The van der Waals surface area contributed by atoms with Crippen LogP contribution in [0.2, 0.25) is 0 Å². The molecule has 5 nitrogen and oxygen atoms in total. The molecule has 21 heavy (non-hydrogen) atoms. The lowest BCUT2D eigenvalue weighted by Crippen LogP contribution is -2.28. The van der Waals surface area contributed by atoms with Gasteiger partial charge in [-0.15, -0.1) is 3.89 Å². The van der Waals surface area contributed by atoms with Crippen molar-refractivity contribution in [2.75, 3.05) is 19.6 Å². The van der Waals surface area contributed by atoms with Gasteiger partial charge in [0.05, 0.1) is 0 Å². The third kappa shape index (κ3) is 7.22. The number of nitrogens with two attached hydrogens (primary N) is 1. The molecule has 7 heteroatoms. The molecule has 124 valence electrons. The molecule has 1 aliphatic rings. The first-order valence-electron chi connectivity index (χ1n) is 7.86. The molecular weight excluding hydrogens is 295 g/mol. The summed E-state index contributed by atoms with van der Waals surface area (Å²) in [5, 5.41) is -1.16. The van der Waals surface area contributed by atoms with E-state index in [2.05, 4.69) is 0 Å². The monoisotopic (exact) mass is 322 g/mol. The first kappa shape index (κ1) is 18.4. The Bertz CT molecular complexity index is 414. The molecule has 1 amide bonds. The third-order valence-corrected chi connectivity index (χ3v) is 5.07. The predicted molar refractivity (Wildman–Crippen MR) is 81.0 cm³/mol. The van der Waals surface area contributed by atoms with Crippen LogP contribution in [0.15, 0.2) is 0 Å². The molecule has 0 saturated carbocycles. The first-order chi connectivity index (χ1) is 9.95. The number of hydrogen-bond donors (Lipinski definition) is 1. The van der Waals surface area contributed by atoms with Gasteiger partial charge in [-0.25, -0.2) is 0 Å². The van der Waals surface area contributed by atoms with Gasteiger partial charge in [-0.1, -0.05) is 38.5 Å². The summed E-state index contributed by atoms with van der Waals surface area (Å²) in [5.41, 5.74) is 5.42. The molecule has 1 fully saturated rings. The maximum Gasteiger partial charge on any atom is 0.307 e. The molecule has 0 spiro atoms. The van der Waals surface area contributed by atoms with Crippen LogP contribution in [0.3, 0.4) is 0 Å². The summed E-state index contributed by atoms with van der Waals surface area (Å²) in [4.78, 5) is 13.1. The average molecular weight is 322 g/mol. The van der Waals surface area contributed by atoms with Crippen molar-refractivity contribution in [3.63, 3.8) is 0 Å². The predicted octanol–water partition coefficient (Wildman–Crippen LogP) is 1.97. The van der Waals surface area contributed by atoms with Crippen molar-refractivity contribution >= 4 is 16.1 Å². The van der Waals surface area contributed by atoms with E-state index in [1.807, 2.05) is 0 Å². The van der Waals surface area contributed by atoms with Gasteiger partial charge >= 0.3 is 10.2 Å². The van der Waals surface area contributed by atoms with Crippen molar-refractivity contribution in [3.05, 3.63) is 0 Å². The summed E-state index contributed by atoms with van der Waals surface area (Å²) < 4.78 is 34.4. The Kier molecular flexibility index (Phi) is 8.18. The summed E-state index contributed by atoms with van der Waals surface area (Å²) in [5.74, 6) is -0.247. The number of nitrogens with zero attached hydrogens (tertiary/aromatic N) is 1. The van der Waals surface area contributed by atoms with Crippen molar-refractivity contribution in [3.8, 4) is 0 Å². The van der Waals surface area contributed by atoms with Crippen LogP contribution in [0.4, 0.5) is 3.89 Å². The molecule has 1 saturated heterocycles. The smallest absolute Gasteiger partial charge is 0.307 e. The Morgan fingerprint density at radius 1 is 1.05 bits per heavy atom. The normalized spacial score (nSPS) is 19.4. The molecule has 1 heterocycles. The van der Waals surface area contributed by atoms with Gasteiger partial charge in [0.15, 0.2) is 0 Å². The fourth-order valence-corrected chi connectivity index (χ4v) is 3.35. The van der Waals surface area contributed by atoms with Crippen LogP contribution < -0.4 is 5.73 Å². The van der Waals surface area contributed by atoms with Crippen molar-refractivity contribution in [1.82, 2.24) is 4.90 Å². The Hall–Kier alpha value is -0.690. The Morgan fingerprint density at radius 3 is 2.05 bits per heavy atom. The van der Waals surface area contributed by atoms with Gasteiger partial charge in [0, 0.05) is 19.5 Å². The van der Waals surface area contributed by atoms with Crippen LogP contribution in [0, 0.1) is 0 Å². The molecule has 0 radical (unpaired) electrons. The highest BCUT2D eigenvalue weighted by atomic mass is 32.3. The Labute approximate surface area is 127 Å². The zero-order valence-electron chi connectivity index (χ0n) is 12.6. The summed E-state index contributed by atoms with van der Waals surface area (Å²) in [6.07, 6.45) is 8.69. The zero-order chi connectivity index (χ0) is 15.7. The van der Waals surface area contributed by atoms with Gasteiger partial charge in [-0.05, 0) is 19.4 Å². The molecule has 0 bridgehead atoms. The summed E-state index contributed by atoms with van der Waals surface area (Å²) in [6, 6.07) is 0. The first-order valence-corrected chi connectivity index (χ1v) is 9.31. The average Bonchev–Trinajstić information content (AvgIpc) is 2.78. The second-order valence-corrected chi connectivity index (χ2v) is 7.38. The lowest BCUT2D eigenvalue weighted by molar-refractivity contribution is -0.127. The number of rotatable bonds is 11. The summed E-state index contributed by atoms with van der Waals surface area (Å²) >= 11 is 0. The molecule has 0 aromatic heterocycles. The highest BCUT2D eigenvalue weighted by Gasteiger charge is 2.37. The lowest BCUT2D eigenvalue weighted by Gasteiger charge is -2.15. The molecule has 1 unspecified atom stereocenters. The second kappa shape index (κ2) is 9.35. The summed E-state index contributed by atoms with van der Waals surface area (Å²) in [7, 11) is -4.59. The Morgan fingerprint density at radius 2 is 1.57 bits per heavy atom. The van der Waals surface area contributed by atoms with E-state index in [4.69, 9.17) is 5.73 Å². The highest BCUT2D eigenvalue weighted by Crippen LogP contribution is 2.20. The minimum Gasteiger partial charge on any atom is -0.341 e. The van der Waals surface area contributed by atoms with Crippen LogP contribution >= 0.6 is 0 Å². The number of carbonyl (C=O) groups excluding carboxylic acids is 1. The van der Waals surface area contributed by atoms with E-state index in [0.717, 1.165) is 32.2 Å². The number of amides is 1. The van der Waals surface area contributed by atoms with Gasteiger partial charge in [0.1, 0.15) is 5.25 Å². The minimum absolute atomic E-state index is 0.0107. The molecule has 0 aromatic rings. The number of carbonyl (C=O) groups is 1. The maximum atomic E-state index is 12.8. The van der Waals surface area contributed by atoms with E-state index in [1.54, 1.807) is 0 Å². The van der Waals surface area contributed by atoms with E-state index in [-0.39, 0.29) is 18.9 Å². The van der Waals surface area contributed by atoms with Crippen LogP contribution in [0.5, 0.6) is 0 Å². The standard InChI is InChI=1S/C14H27FN2O3S/c15-21(19,20)13-11-14(18)17(12-13)10-8-6-4-2-1-3-5-7-9-16/h13H,1-12,16H2. The number of halogens is 1. The van der Waals surface area contributed by atoms with Crippen LogP contribution in [0.25, 0.3) is 0 Å².